The van der Waals surface area contributed by atoms with Crippen LogP contribution in [-0.4, -0.2) is 13.2 Å². The van der Waals surface area contributed by atoms with Crippen LogP contribution in [-0.2, 0) is 0 Å². The molecule has 0 saturated carbocycles. The number of methoxy groups -OCH3 is 1. The largest absolute Gasteiger partial charge is 0.497 e. The summed E-state index contributed by atoms with van der Waals surface area (Å²) in [4.78, 5) is 0. The number of hydrogen-bond acceptors (Lipinski definition) is 2. The summed E-state index contributed by atoms with van der Waals surface area (Å²) in [6.45, 7) is 9.13. The summed E-state index contributed by atoms with van der Waals surface area (Å²) < 4.78 is 5.22. The van der Waals surface area contributed by atoms with E-state index in [0.717, 1.165) is 18.1 Å². The topological polar surface area (TPSA) is 21.3 Å². The molecule has 0 saturated heterocycles. The summed E-state index contributed by atoms with van der Waals surface area (Å²) in [6, 6.07) is 9.43. The lowest BCUT2D eigenvalue weighted by Crippen LogP contribution is -2.30. The van der Waals surface area contributed by atoms with Gasteiger partial charge in [-0.3, -0.25) is 0 Å². The summed E-state index contributed by atoms with van der Waals surface area (Å²) in [5, 5.41) is 3.75. The highest BCUT2D eigenvalue weighted by Gasteiger charge is 2.12. The minimum Gasteiger partial charge on any atom is -0.497 e. The molecule has 0 fully saturated rings. The lowest BCUT2D eigenvalue weighted by Gasteiger charge is -2.23. The van der Waals surface area contributed by atoms with Crippen molar-refractivity contribution < 1.29 is 4.74 Å². The van der Waals surface area contributed by atoms with Crippen LogP contribution < -0.4 is 10.1 Å². The van der Waals surface area contributed by atoms with Gasteiger partial charge in [-0.1, -0.05) is 45.7 Å². The Morgan fingerprint density at radius 1 is 1.05 bits per heavy atom. The second kappa shape index (κ2) is 9.02. The SMILES string of the molecule is CCC(NC(C)CCCC(C)C)c1ccc(OC)cc1. The maximum Gasteiger partial charge on any atom is 0.118 e. The van der Waals surface area contributed by atoms with Gasteiger partial charge in [0, 0.05) is 12.1 Å². The molecule has 2 unspecified atom stereocenters. The van der Waals surface area contributed by atoms with Crippen LogP contribution in [0.1, 0.15) is 65.0 Å². The van der Waals surface area contributed by atoms with Crippen molar-refractivity contribution in [2.75, 3.05) is 7.11 Å². The standard InChI is InChI=1S/C18H31NO/c1-6-18(16-10-12-17(20-5)13-11-16)19-15(4)9-7-8-14(2)3/h10-15,18-19H,6-9H2,1-5H3. The van der Waals surface area contributed by atoms with Crippen molar-refractivity contribution in [2.24, 2.45) is 5.92 Å². The fraction of sp³-hybridized carbons (Fsp3) is 0.667. The third kappa shape index (κ3) is 5.96. The van der Waals surface area contributed by atoms with E-state index in [9.17, 15) is 0 Å². The number of hydrogen-bond donors (Lipinski definition) is 1. The third-order valence-electron chi connectivity index (χ3n) is 3.83. The van der Waals surface area contributed by atoms with Crippen LogP contribution in [0.25, 0.3) is 0 Å². The van der Waals surface area contributed by atoms with Crippen LogP contribution in [0, 0.1) is 5.92 Å². The number of rotatable bonds is 9. The second-order valence-electron chi connectivity index (χ2n) is 6.13. The Labute approximate surface area is 124 Å². The number of nitrogens with one attached hydrogen (secondary N) is 1. The average Bonchev–Trinajstić information content (AvgIpc) is 2.44. The van der Waals surface area contributed by atoms with E-state index in [4.69, 9.17) is 4.74 Å². The first-order valence-corrected chi connectivity index (χ1v) is 7.96. The molecule has 1 N–H and O–H groups in total. The van der Waals surface area contributed by atoms with E-state index in [2.05, 4.69) is 45.1 Å². The molecule has 0 aliphatic heterocycles. The minimum atomic E-state index is 0.440. The molecule has 0 aliphatic rings. The smallest absolute Gasteiger partial charge is 0.118 e. The summed E-state index contributed by atoms with van der Waals surface area (Å²) >= 11 is 0. The van der Waals surface area contributed by atoms with E-state index in [1.54, 1.807) is 7.11 Å². The summed E-state index contributed by atoms with van der Waals surface area (Å²) in [7, 11) is 1.71. The van der Waals surface area contributed by atoms with E-state index in [0.29, 0.717) is 12.1 Å². The highest BCUT2D eigenvalue weighted by atomic mass is 16.5. The number of benzene rings is 1. The van der Waals surface area contributed by atoms with E-state index in [1.807, 2.05) is 12.1 Å². The van der Waals surface area contributed by atoms with Crippen molar-refractivity contribution in [1.82, 2.24) is 5.32 Å². The Kier molecular flexibility index (Phi) is 7.68. The minimum absolute atomic E-state index is 0.440. The van der Waals surface area contributed by atoms with E-state index < -0.39 is 0 Å². The van der Waals surface area contributed by atoms with Crippen molar-refractivity contribution in [3.63, 3.8) is 0 Å². The molecular weight excluding hydrogens is 246 g/mol. The Hall–Kier alpha value is -1.02. The van der Waals surface area contributed by atoms with Gasteiger partial charge in [-0.15, -0.1) is 0 Å². The van der Waals surface area contributed by atoms with Crippen LogP contribution in [0.2, 0.25) is 0 Å². The second-order valence-corrected chi connectivity index (χ2v) is 6.13. The van der Waals surface area contributed by atoms with Gasteiger partial charge in [0.05, 0.1) is 7.11 Å². The Balaban J connectivity index is 2.48. The van der Waals surface area contributed by atoms with E-state index in [1.165, 1.54) is 24.8 Å². The molecule has 0 spiro atoms. The molecule has 114 valence electrons. The fourth-order valence-electron chi connectivity index (χ4n) is 2.55. The van der Waals surface area contributed by atoms with Crippen LogP contribution in [0.15, 0.2) is 24.3 Å². The zero-order valence-corrected chi connectivity index (χ0v) is 13.8. The van der Waals surface area contributed by atoms with Crippen LogP contribution in [0.4, 0.5) is 0 Å². The quantitative estimate of drug-likeness (QED) is 0.689. The van der Waals surface area contributed by atoms with Gasteiger partial charge in [0.25, 0.3) is 0 Å². The first kappa shape index (κ1) is 17.0. The molecule has 2 heteroatoms. The Morgan fingerprint density at radius 3 is 2.20 bits per heavy atom. The van der Waals surface area contributed by atoms with Crippen LogP contribution >= 0.6 is 0 Å². The Morgan fingerprint density at radius 2 is 1.70 bits per heavy atom. The van der Waals surface area contributed by atoms with Gasteiger partial charge in [0.1, 0.15) is 5.75 Å². The predicted octanol–water partition coefficient (Wildman–Crippen LogP) is 4.95. The zero-order valence-electron chi connectivity index (χ0n) is 13.8. The molecule has 1 aromatic rings. The zero-order chi connectivity index (χ0) is 15.0. The monoisotopic (exact) mass is 277 g/mol. The first-order chi connectivity index (χ1) is 9.56. The Bertz CT molecular complexity index is 358. The molecule has 0 radical (unpaired) electrons. The van der Waals surface area contributed by atoms with Gasteiger partial charge in [-0.25, -0.2) is 0 Å². The van der Waals surface area contributed by atoms with Crippen molar-refractivity contribution in [3.8, 4) is 5.75 Å². The van der Waals surface area contributed by atoms with Gasteiger partial charge in [0.2, 0.25) is 0 Å². The number of ether oxygens (including phenoxy) is 1. The molecule has 20 heavy (non-hydrogen) atoms. The normalized spacial score (nSPS) is 14.3. The molecule has 0 heterocycles. The lowest BCUT2D eigenvalue weighted by atomic mass is 10.0. The van der Waals surface area contributed by atoms with Crippen LogP contribution in [0.5, 0.6) is 5.75 Å². The molecule has 0 aromatic heterocycles. The lowest BCUT2D eigenvalue weighted by molar-refractivity contribution is 0.401. The van der Waals surface area contributed by atoms with Gasteiger partial charge in [0.15, 0.2) is 0 Å². The average molecular weight is 277 g/mol. The predicted molar refractivity (Wildman–Crippen MR) is 87.3 cm³/mol. The van der Waals surface area contributed by atoms with E-state index in [-0.39, 0.29) is 0 Å². The summed E-state index contributed by atoms with van der Waals surface area (Å²) in [5.74, 6) is 1.74. The fourth-order valence-corrected chi connectivity index (χ4v) is 2.55. The molecule has 0 amide bonds. The highest BCUT2D eigenvalue weighted by Crippen LogP contribution is 2.21. The maximum atomic E-state index is 5.22. The van der Waals surface area contributed by atoms with E-state index >= 15 is 0 Å². The molecular formula is C18H31NO. The van der Waals surface area contributed by atoms with Gasteiger partial charge in [-0.2, -0.15) is 0 Å². The summed E-state index contributed by atoms with van der Waals surface area (Å²) in [5.41, 5.74) is 1.35. The van der Waals surface area contributed by atoms with Crippen molar-refractivity contribution >= 4 is 0 Å². The van der Waals surface area contributed by atoms with Crippen molar-refractivity contribution in [1.29, 1.82) is 0 Å². The van der Waals surface area contributed by atoms with Crippen LogP contribution in [0.3, 0.4) is 0 Å². The van der Waals surface area contributed by atoms with Crippen molar-refractivity contribution in [3.05, 3.63) is 29.8 Å². The molecule has 0 bridgehead atoms. The molecule has 2 atom stereocenters. The molecule has 1 aromatic carbocycles. The third-order valence-corrected chi connectivity index (χ3v) is 3.83. The van der Waals surface area contributed by atoms with Gasteiger partial charge >= 0.3 is 0 Å². The van der Waals surface area contributed by atoms with Crippen molar-refractivity contribution in [2.45, 2.75) is 65.5 Å². The maximum absolute atomic E-state index is 5.22. The van der Waals surface area contributed by atoms with Gasteiger partial charge in [-0.05, 0) is 43.4 Å². The van der Waals surface area contributed by atoms with Gasteiger partial charge < -0.3 is 10.1 Å². The molecule has 1 rings (SSSR count). The molecule has 2 nitrogen and oxygen atoms in total. The molecule has 0 aliphatic carbocycles. The highest BCUT2D eigenvalue weighted by molar-refractivity contribution is 5.29. The first-order valence-electron chi connectivity index (χ1n) is 7.96. The summed E-state index contributed by atoms with van der Waals surface area (Å²) in [6.07, 6.45) is 5.00.